The Hall–Kier alpha value is -2.30. The smallest absolute Gasteiger partial charge is 0.404 e. The lowest BCUT2D eigenvalue weighted by atomic mass is 10.1. The fourth-order valence-electron chi connectivity index (χ4n) is 2.17. The molecule has 0 aliphatic carbocycles. The monoisotopic (exact) mass is 287 g/mol. The zero-order valence-electron chi connectivity index (χ0n) is 12.0. The number of ether oxygens (including phenoxy) is 1. The Labute approximate surface area is 124 Å². The Morgan fingerprint density at radius 2 is 1.90 bits per heavy atom. The van der Waals surface area contributed by atoms with Crippen molar-refractivity contribution in [1.82, 2.24) is 9.97 Å². The number of carbonyl (C=O) groups is 1. The molecule has 5 heteroatoms. The van der Waals surface area contributed by atoms with Gasteiger partial charge in [-0.2, -0.15) is 0 Å². The van der Waals surface area contributed by atoms with Crippen LogP contribution in [0.15, 0.2) is 36.5 Å². The molecule has 2 rings (SSSR count). The zero-order chi connectivity index (χ0) is 14.9. The lowest BCUT2D eigenvalue weighted by Gasteiger charge is -2.01. The van der Waals surface area contributed by atoms with E-state index in [1.807, 2.05) is 24.4 Å². The Morgan fingerprint density at radius 3 is 2.67 bits per heavy atom. The van der Waals surface area contributed by atoms with Gasteiger partial charge in [0.1, 0.15) is 5.82 Å². The number of aryl methyl sites for hydroxylation is 1. The number of aromatic amines is 1. The first kappa shape index (κ1) is 15.1. The first-order valence-corrected chi connectivity index (χ1v) is 7.27. The van der Waals surface area contributed by atoms with Gasteiger partial charge in [-0.1, -0.05) is 43.2 Å². The quantitative estimate of drug-likeness (QED) is 0.731. The van der Waals surface area contributed by atoms with Crippen LogP contribution in [0.25, 0.3) is 11.3 Å². The largest absolute Gasteiger partial charge is 0.450 e. The number of H-pyrrole nitrogens is 1. The third kappa shape index (κ3) is 5.30. The van der Waals surface area contributed by atoms with Crippen LogP contribution in [0.1, 0.15) is 31.5 Å². The minimum absolute atomic E-state index is 0.411. The number of hydrogen-bond donors (Lipinski definition) is 2. The molecular weight excluding hydrogens is 266 g/mol. The van der Waals surface area contributed by atoms with Gasteiger partial charge in [0.05, 0.1) is 18.5 Å². The predicted molar refractivity (Wildman–Crippen MR) is 81.7 cm³/mol. The Morgan fingerprint density at radius 1 is 1.14 bits per heavy atom. The number of rotatable bonds is 8. The van der Waals surface area contributed by atoms with Crippen LogP contribution in [0.2, 0.25) is 0 Å². The maximum Gasteiger partial charge on any atom is 0.404 e. The van der Waals surface area contributed by atoms with Gasteiger partial charge in [0.2, 0.25) is 0 Å². The summed E-state index contributed by atoms with van der Waals surface area (Å²) in [5, 5.41) is 0. The van der Waals surface area contributed by atoms with E-state index in [9.17, 15) is 4.79 Å². The van der Waals surface area contributed by atoms with Crippen molar-refractivity contribution in [2.75, 3.05) is 6.61 Å². The standard InChI is InChI=1S/C16H21N3O2/c17-16(20)21-11-7-2-1-6-10-15-18-12-14(19-15)13-8-4-3-5-9-13/h3-5,8-9,12H,1-2,6-7,10-11H2,(H2,17,20)(H,18,19). The number of imidazole rings is 1. The van der Waals surface area contributed by atoms with E-state index in [4.69, 9.17) is 5.73 Å². The van der Waals surface area contributed by atoms with Crippen LogP contribution >= 0.6 is 0 Å². The van der Waals surface area contributed by atoms with Crippen molar-refractivity contribution in [2.45, 2.75) is 32.1 Å². The average Bonchev–Trinajstić information content (AvgIpc) is 2.96. The van der Waals surface area contributed by atoms with E-state index in [-0.39, 0.29) is 0 Å². The number of benzene rings is 1. The topological polar surface area (TPSA) is 81.0 Å². The van der Waals surface area contributed by atoms with Crippen LogP contribution in [-0.4, -0.2) is 22.7 Å². The molecule has 0 fully saturated rings. The van der Waals surface area contributed by atoms with Gasteiger partial charge in [0.25, 0.3) is 0 Å². The van der Waals surface area contributed by atoms with Crippen LogP contribution in [0, 0.1) is 0 Å². The summed E-state index contributed by atoms with van der Waals surface area (Å²) >= 11 is 0. The fraction of sp³-hybridized carbons (Fsp3) is 0.375. The number of nitrogens with one attached hydrogen (secondary N) is 1. The molecule has 0 spiro atoms. The van der Waals surface area contributed by atoms with Crippen molar-refractivity contribution in [3.05, 3.63) is 42.4 Å². The highest BCUT2D eigenvalue weighted by molar-refractivity contribution is 5.64. The van der Waals surface area contributed by atoms with Gasteiger partial charge in [-0.3, -0.25) is 0 Å². The van der Waals surface area contributed by atoms with Crippen LogP contribution in [-0.2, 0) is 11.2 Å². The van der Waals surface area contributed by atoms with Gasteiger partial charge in [0.15, 0.2) is 0 Å². The van der Waals surface area contributed by atoms with Gasteiger partial charge >= 0.3 is 6.09 Å². The van der Waals surface area contributed by atoms with E-state index in [1.54, 1.807) is 0 Å². The summed E-state index contributed by atoms with van der Waals surface area (Å²) in [5.41, 5.74) is 7.09. The van der Waals surface area contributed by atoms with E-state index < -0.39 is 6.09 Å². The molecule has 1 heterocycles. The second-order valence-electron chi connectivity index (χ2n) is 4.94. The normalized spacial score (nSPS) is 10.5. The number of nitrogens with two attached hydrogens (primary N) is 1. The second kappa shape index (κ2) is 8.09. The van der Waals surface area contributed by atoms with Gasteiger partial charge in [0, 0.05) is 6.42 Å². The number of hydrogen-bond acceptors (Lipinski definition) is 3. The molecule has 0 saturated carbocycles. The van der Waals surface area contributed by atoms with E-state index in [0.717, 1.165) is 49.2 Å². The Balaban J connectivity index is 1.66. The third-order valence-electron chi connectivity index (χ3n) is 3.27. The molecule has 3 N–H and O–H groups in total. The van der Waals surface area contributed by atoms with Gasteiger partial charge in [-0.25, -0.2) is 9.78 Å². The van der Waals surface area contributed by atoms with Crippen LogP contribution in [0.3, 0.4) is 0 Å². The van der Waals surface area contributed by atoms with Crippen molar-refractivity contribution < 1.29 is 9.53 Å². The molecule has 5 nitrogen and oxygen atoms in total. The Bertz CT molecular complexity index is 552. The van der Waals surface area contributed by atoms with E-state index >= 15 is 0 Å². The van der Waals surface area contributed by atoms with E-state index in [0.29, 0.717) is 6.61 Å². The molecular formula is C16H21N3O2. The van der Waals surface area contributed by atoms with Crippen molar-refractivity contribution in [3.8, 4) is 11.3 Å². The maximum atomic E-state index is 10.4. The number of carbonyl (C=O) groups excluding carboxylic acids is 1. The highest BCUT2D eigenvalue weighted by Crippen LogP contribution is 2.16. The third-order valence-corrected chi connectivity index (χ3v) is 3.27. The summed E-state index contributed by atoms with van der Waals surface area (Å²) < 4.78 is 4.68. The van der Waals surface area contributed by atoms with Crippen molar-refractivity contribution in [1.29, 1.82) is 0 Å². The predicted octanol–water partition coefficient (Wildman–Crippen LogP) is 3.27. The fourth-order valence-corrected chi connectivity index (χ4v) is 2.17. The number of unbranched alkanes of at least 4 members (excludes halogenated alkanes) is 3. The molecule has 21 heavy (non-hydrogen) atoms. The Kier molecular flexibility index (Phi) is 5.82. The van der Waals surface area contributed by atoms with Crippen molar-refractivity contribution in [2.24, 2.45) is 5.73 Å². The van der Waals surface area contributed by atoms with E-state index in [2.05, 4.69) is 26.8 Å². The minimum Gasteiger partial charge on any atom is -0.450 e. The highest BCUT2D eigenvalue weighted by Gasteiger charge is 2.02. The van der Waals surface area contributed by atoms with Crippen LogP contribution in [0.5, 0.6) is 0 Å². The number of nitrogens with zero attached hydrogens (tertiary/aromatic N) is 1. The molecule has 0 atom stereocenters. The molecule has 0 radical (unpaired) electrons. The summed E-state index contributed by atoms with van der Waals surface area (Å²) in [7, 11) is 0. The molecule has 0 unspecified atom stereocenters. The van der Waals surface area contributed by atoms with Crippen molar-refractivity contribution in [3.63, 3.8) is 0 Å². The molecule has 0 bridgehead atoms. The molecule has 0 aliphatic heterocycles. The summed E-state index contributed by atoms with van der Waals surface area (Å²) in [4.78, 5) is 18.1. The minimum atomic E-state index is -0.695. The molecule has 0 aliphatic rings. The molecule has 1 aromatic carbocycles. The molecule has 2 aromatic rings. The molecule has 1 aromatic heterocycles. The lowest BCUT2D eigenvalue weighted by molar-refractivity contribution is 0.154. The molecule has 1 amide bonds. The summed E-state index contributed by atoms with van der Waals surface area (Å²) in [6, 6.07) is 10.2. The highest BCUT2D eigenvalue weighted by atomic mass is 16.5. The second-order valence-corrected chi connectivity index (χ2v) is 4.94. The SMILES string of the molecule is NC(=O)OCCCCCCc1ncc(-c2ccccc2)[nH]1. The number of aromatic nitrogens is 2. The van der Waals surface area contributed by atoms with Gasteiger partial charge in [-0.05, 0) is 18.4 Å². The molecule has 112 valence electrons. The number of primary amides is 1. The van der Waals surface area contributed by atoms with Crippen LogP contribution < -0.4 is 5.73 Å². The summed E-state index contributed by atoms with van der Waals surface area (Å²) in [5.74, 6) is 1.02. The lowest BCUT2D eigenvalue weighted by Crippen LogP contribution is -2.13. The maximum absolute atomic E-state index is 10.4. The first-order chi connectivity index (χ1) is 10.3. The number of amides is 1. The van der Waals surface area contributed by atoms with Gasteiger partial charge < -0.3 is 15.5 Å². The summed E-state index contributed by atoms with van der Waals surface area (Å²) in [6.45, 7) is 0.411. The zero-order valence-corrected chi connectivity index (χ0v) is 12.0. The average molecular weight is 287 g/mol. The van der Waals surface area contributed by atoms with Gasteiger partial charge in [-0.15, -0.1) is 0 Å². The first-order valence-electron chi connectivity index (χ1n) is 7.27. The summed E-state index contributed by atoms with van der Waals surface area (Å²) in [6.07, 6.45) is 6.16. The molecule has 0 saturated heterocycles. The van der Waals surface area contributed by atoms with Crippen molar-refractivity contribution >= 4 is 6.09 Å². The van der Waals surface area contributed by atoms with E-state index in [1.165, 1.54) is 0 Å². The van der Waals surface area contributed by atoms with Crippen LogP contribution in [0.4, 0.5) is 4.79 Å².